The molecule has 0 aliphatic carbocycles. The number of hydrogen-bond acceptors (Lipinski definition) is 2. The van der Waals surface area contributed by atoms with E-state index in [2.05, 4.69) is 0 Å². The van der Waals surface area contributed by atoms with Crippen LogP contribution in [0.4, 0.5) is 10.1 Å². The molecule has 2 aromatic rings. The molecule has 1 N–H and O–H groups in total. The van der Waals surface area contributed by atoms with Gasteiger partial charge in [-0.15, -0.1) is 0 Å². The van der Waals surface area contributed by atoms with Gasteiger partial charge in [0.2, 0.25) is 0 Å². The Bertz CT molecular complexity index is 586. The highest BCUT2D eigenvalue weighted by molar-refractivity contribution is 5.77. The van der Waals surface area contributed by atoms with Crippen molar-refractivity contribution in [3.8, 4) is 0 Å². The van der Waals surface area contributed by atoms with Crippen LogP contribution in [0.2, 0.25) is 0 Å². The topological polar surface area (TPSA) is 40.5 Å². The number of carboxylic acids is 1. The van der Waals surface area contributed by atoms with Crippen molar-refractivity contribution in [3.05, 3.63) is 66.0 Å². The number of likely N-dealkylation sites (N-methyl/N-ethyl adjacent to an activating group) is 1. The fourth-order valence-corrected chi connectivity index (χ4v) is 2.14. The van der Waals surface area contributed by atoms with E-state index in [0.717, 1.165) is 0 Å². The summed E-state index contributed by atoms with van der Waals surface area (Å²) >= 11 is 0. The maximum atomic E-state index is 13.7. The van der Waals surface area contributed by atoms with Crippen LogP contribution in [-0.2, 0) is 4.79 Å². The molecule has 1 unspecified atom stereocenters. The summed E-state index contributed by atoms with van der Waals surface area (Å²) in [7, 11) is 1.69. The molecule has 0 saturated carbocycles. The molecule has 0 fully saturated rings. The summed E-state index contributed by atoms with van der Waals surface area (Å²) in [6.45, 7) is 0.209. The molecule has 0 bridgehead atoms. The summed E-state index contributed by atoms with van der Waals surface area (Å²) in [6, 6.07) is 15.3. The van der Waals surface area contributed by atoms with Crippen molar-refractivity contribution in [2.24, 2.45) is 0 Å². The molecule has 2 aromatic carbocycles. The lowest BCUT2D eigenvalue weighted by atomic mass is 9.98. The first-order valence-electron chi connectivity index (χ1n) is 6.33. The minimum atomic E-state index is -0.917. The number of anilines is 1. The highest BCUT2D eigenvalue weighted by Crippen LogP contribution is 2.22. The number of halogens is 1. The van der Waals surface area contributed by atoms with E-state index in [1.165, 1.54) is 6.07 Å². The molecule has 3 nitrogen and oxygen atoms in total. The van der Waals surface area contributed by atoms with E-state index in [1.807, 2.05) is 6.07 Å². The summed E-state index contributed by atoms with van der Waals surface area (Å²) in [5.74, 6) is -1.97. The molecule has 4 heteroatoms. The van der Waals surface area contributed by atoms with Crippen LogP contribution in [0.5, 0.6) is 0 Å². The number of nitrogens with zero attached hydrogens (tertiary/aromatic N) is 1. The van der Waals surface area contributed by atoms with Crippen molar-refractivity contribution in [3.63, 3.8) is 0 Å². The van der Waals surface area contributed by atoms with Crippen LogP contribution in [0.15, 0.2) is 54.6 Å². The molecule has 0 aromatic heterocycles. The Labute approximate surface area is 117 Å². The predicted molar refractivity (Wildman–Crippen MR) is 76.5 cm³/mol. The number of benzene rings is 2. The third kappa shape index (κ3) is 3.15. The van der Waals surface area contributed by atoms with Gasteiger partial charge in [0.25, 0.3) is 0 Å². The first-order chi connectivity index (χ1) is 9.59. The average Bonchev–Trinajstić information content (AvgIpc) is 2.45. The van der Waals surface area contributed by atoms with E-state index in [-0.39, 0.29) is 12.4 Å². The third-order valence-corrected chi connectivity index (χ3v) is 3.22. The van der Waals surface area contributed by atoms with Crippen LogP contribution in [0.3, 0.4) is 0 Å². The zero-order valence-electron chi connectivity index (χ0n) is 11.2. The zero-order valence-corrected chi connectivity index (χ0v) is 11.2. The fourth-order valence-electron chi connectivity index (χ4n) is 2.14. The van der Waals surface area contributed by atoms with Crippen molar-refractivity contribution >= 4 is 11.7 Å². The van der Waals surface area contributed by atoms with E-state index in [9.17, 15) is 14.3 Å². The van der Waals surface area contributed by atoms with E-state index in [0.29, 0.717) is 11.3 Å². The van der Waals surface area contributed by atoms with Gasteiger partial charge >= 0.3 is 5.97 Å². The standard InChI is InChI=1S/C16H16FNO2/c1-18(15-10-6-5-9-14(15)17)11-13(16(19)20)12-7-3-2-4-8-12/h2-10,13H,11H2,1H3,(H,19,20). The van der Waals surface area contributed by atoms with Crippen molar-refractivity contribution in [2.75, 3.05) is 18.5 Å². The summed E-state index contributed by atoms with van der Waals surface area (Å²) in [5, 5.41) is 9.37. The molecule has 20 heavy (non-hydrogen) atoms. The molecule has 1 atom stereocenters. The van der Waals surface area contributed by atoms with Crippen LogP contribution < -0.4 is 4.90 Å². The molecule has 104 valence electrons. The van der Waals surface area contributed by atoms with Crippen LogP contribution >= 0.6 is 0 Å². The van der Waals surface area contributed by atoms with Crippen LogP contribution in [0, 0.1) is 5.82 Å². The predicted octanol–water partition coefficient (Wildman–Crippen LogP) is 3.13. The van der Waals surface area contributed by atoms with Gasteiger partial charge in [0.1, 0.15) is 5.82 Å². The number of carboxylic acid groups (broad SMARTS) is 1. The van der Waals surface area contributed by atoms with Crippen molar-refractivity contribution in [2.45, 2.75) is 5.92 Å². The summed E-state index contributed by atoms with van der Waals surface area (Å²) < 4.78 is 13.7. The van der Waals surface area contributed by atoms with Gasteiger partial charge in [0.15, 0.2) is 0 Å². The number of aliphatic carboxylic acids is 1. The van der Waals surface area contributed by atoms with Crippen molar-refractivity contribution in [1.29, 1.82) is 0 Å². The molecule has 0 radical (unpaired) electrons. The Morgan fingerprint density at radius 2 is 1.75 bits per heavy atom. The fraction of sp³-hybridized carbons (Fsp3) is 0.188. The second-order valence-corrected chi connectivity index (χ2v) is 4.63. The minimum Gasteiger partial charge on any atom is -0.481 e. The smallest absolute Gasteiger partial charge is 0.312 e. The Morgan fingerprint density at radius 3 is 2.35 bits per heavy atom. The maximum Gasteiger partial charge on any atom is 0.312 e. The molecular formula is C16H16FNO2. The Morgan fingerprint density at radius 1 is 1.15 bits per heavy atom. The summed E-state index contributed by atoms with van der Waals surface area (Å²) in [6.07, 6.45) is 0. The van der Waals surface area contributed by atoms with Crippen LogP contribution in [0.25, 0.3) is 0 Å². The molecular weight excluding hydrogens is 257 g/mol. The van der Waals surface area contributed by atoms with Gasteiger partial charge in [-0.3, -0.25) is 4.79 Å². The second kappa shape index (κ2) is 6.19. The second-order valence-electron chi connectivity index (χ2n) is 4.63. The zero-order chi connectivity index (χ0) is 14.5. The van der Waals surface area contributed by atoms with Gasteiger partial charge in [-0.2, -0.15) is 0 Å². The van der Waals surface area contributed by atoms with E-state index in [1.54, 1.807) is 54.4 Å². The van der Waals surface area contributed by atoms with Crippen molar-refractivity contribution in [1.82, 2.24) is 0 Å². The molecule has 0 spiro atoms. The quantitative estimate of drug-likeness (QED) is 0.910. The number of para-hydroxylation sites is 1. The summed E-state index contributed by atoms with van der Waals surface area (Å²) in [4.78, 5) is 13.1. The van der Waals surface area contributed by atoms with Gasteiger partial charge in [-0.05, 0) is 17.7 Å². The molecule has 2 rings (SSSR count). The lowest BCUT2D eigenvalue weighted by Crippen LogP contribution is -2.29. The monoisotopic (exact) mass is 273 g/mol. The van der Waals surface area contributed by atoms with Gasteiger partial charge < -0.3 is 10.0 Å². The molecule has 0 aliphatic heterocycles. The number of carbonyl (C=O) groups is 1. The normalized spacial score (nSPS) is 11.9. The Kier molecular flexibility index (Phi) is 4.35. The van der Waals surface area contributed by atoms with Gasteiger partial charge in [-0.1, -0.05) is 42.5 Å². The highest BCUT2D eigenvalue weighted by Gasteiger charge is 2.22. The first-order valence-corrected chi connectivity index (χ1v) is 6.33. The lowest BCUT2D eigenvalue weighted by Gasteiger charge is -2.24. The van der Waals surface area contributed by atoms with Gasteiger partial charge in [-0.25, -0.2) is 4.39 Å². The van der Waals surface area contributed by atoms with Gasteiger partial charge in [0, 0.05) is 13.6 Å². The third-order valence-electron chi connectivity index (χ3n) is 3.22. The lowest BCUT2D eigenvalue weighted by molar-refractivity contribution is -0.138. The van der Waals surface area contributed by atoms with Crippen LogP contribution in [0.1, 0.15) is 11.5 Å². The van der Waals surface area contributed by atoms with Gasteiger partial charge in [0.05, 0.1) is 11.6 Å². The average molecular weight is 273 g/mol. The summed E-state index contributed by atoms with van der Waals surface area (Å²) in [5.41, 5.74) is 1.11. The molecule has 0 amide bonds. The largest absolute Gasteiger partial charge is 0.481 e. The van der Waals surface area contributed by atoms with E-state index in [4.69, 9.17) is 0 Å². The Hall–Kier alpha value is -2.36. The molecule has 0 saturated heterocycles. The molecule has 0 heterocycles. The Balaban J connectivity index is 2.21. The van der Waals surface area contributed by atoms with Crippen molar-refractivity contribution < 1.29 is 14.3 Å². The highest BCUT2D eigenvalue weighted by atomic mass is 19.1. The minimum absolute atomic E-state index is 0.209. The maximum absolute atomic E-state index is 13.7. The van der Waals surface area contributed by atoms with E-state index < -0.39 is 11.9 Å². The van der Waals surface area contributed by atoms with E-state index >= 15 is 0 Å². The van der Waals surface area contributed by atoms with Crippen LogP contribution in [-0.4, -0.2) is 24.7 Å². The first kappa shape index (κ1) is 14.1. The molecule has 0 aliphatic rings. The SMILES string of the molecule is CN(CC(C(=O)O)c1ccccc1)c1ccccc1F. The number of hydrogen-bond donors (Lipinski definition) is 1. The number of rotatable bonds is 5.